The molecular weight excluding hydrogens is 346 g/mol. The van der Waals surface area contributed by atoms with Gasteiger partial charge in [-0.2, -0.15) is 0 Å². The van der Waals surface area contributed by atoms with Crippen molar-refractivity contribution in [3.05, 3.63) is 28.8 Å². The number of rotatable bonds is 5. The number of esters is 1. The van der Waals surface area contributed by atoms with Gasteiger partial charge in [-0.15, -0.1) is 0 Å². The molecule has 0 aromatic heterocycles. The van der Waals surface area contributed by atoms with E-state index in [9.17, 15) is 18.0 Å². The lowest BCUT2D eigenvalue weighted by molar-refractivity contribution is -0.124. The Labute approximate surface area is 138 Å². The maximum absolute atomic E-state index is 12.0. The van der Waals surface area contributed by atoms with Crippen molar-refractivity contribution in [1.82, 2.24) is 5.32 Å². The largest absolute Gasteiger partial charge is 0.496 e. The van der Waals surface area contributed by atoms with Crippen LogP contribution >= 0.6 is 11.6 Å². The number of halogens is 1. The zero-order valence-electron chi connectivity index (χ0n) is 12.4. The first kappa shape index (κ1) is 17.6. The third-order valence-corrected chi connectivity index (χ3v) is 5.32. The molecule has 126 valence electrons. The first-order valence-electron chi connectivity index (χ1n) is 6.81. The lowest BCUT2D eigenvalue weighted by atomic mass is 10.2. The highest BCUT2D eigenvalue weighted by atomic mass is 35.5. The van der Waals surface area contributed by atoms with Gasteiger partial charge in [-0.05, 0) is 24.6 Å². The van der Waals surface area contributed by atoms with Crippen molar-refractivity contribution < 1.29 is 27.5 Å². The molecule has 0 saturated carbocycles. The summed E-state index contributed by atoms with van der Waals surface area (Å²) in [5.41, 5.74) is 0.108. The van der Waals surface area contributed by atoms with Crippen LogP contribution in [0.25, 0.3) is 0 Å². The van der Waals surface area contributed by atoms with Crippen molar-refractivity contribution in [2.24, 2.45) is 0 Å². The normalized spacial score (nSPS) is 19.1. The van der Waals surface area contributed by atoms with E-state index in [1.165, 1.54) is 19.2 Å². The summed E-state index contributed by atoms with van der Waals surface area (Å²) < 4.78 is 32.6. The van der Waals surface area contributed by atoms with Crippen LogP contribution in [0.5, 0.6) is 5.75 Å². The first-order chi connectivity index (χ1) is 10.8. The predicted molar refractivity (Wildman–Crippen MR) is 83.5 cm³/mol. The number of nitrogens with one attached hydrogen (secondary N) is 1. The lowest BCUT2D eigenvalue weighted by Crippen LogP contribution is -2.38. The maximum atomic E-state index is 12.0. The van der Waals surface area contributed by atoms with E-state index in [4.69, 9.17) is 21.1 Å². The van der Waals surface area contributed by atoms with Crippen molar-refractivity contribution in [3.63, 3.8) is 0 Å². The number of benzene rings is 1. The summed E-state index contributed by atoms with van der Waals surface area (Å²) in [4.78, 5) is 23.7. The van der Waals surface area contributed by atoms with Gasteiger partial charge in [0.1, 0.15) is 11.3 Å². The minimum Gasteiger partial charge on any atom is -0.496 e. The van der Waals surface area contributed by atoms with Crippen molar-refractivity contribution in [2.45, 2.75) is 12.5 Å². The smallest absolute Gasteiger partial charge is 0.342 e. The molecule has 7 nitrogen and oxygen atoms in total. The number of amides is 1. The Bertz CT molecular complexity index is 718. The second-order valence-corrected chi connectivity index (χ2v) is 7.75. The van der Waals surface area contributed by atoms with Gasteiger partial charge >= 0.3 is 5.97 Å². The molecule has 1 aromatic carbocycles. The summed E-state index contributed by atoms with van der Waals surface area (Å²) in [6.07, 6.45) is 0.365. The molecule has 1 N–H and O–H groups in total. The number of methoxy groups -OCH3 is 1. The van der Waals surface area contributed by atoms with E-state index >= 15 is 0 Å². The Balaban J connectivity index is 1.89. The van der Waals surface area contributed by atoms with E-state index in [0.29, 0.717) is 11.4 Å². The molecule has 1 aliphatic rings. The maximum Gasteiger partial charge on any atom is 0.342 e. The number of hydrogen-bond acceptors (Lipinski definition) is 6. The summed E-state index contributed by atoms with van der Waals surface area (Å²) in [6, 6.07) is 4.02. The average Bonchev–Trinajstić information content (AvgIpc) is 2.83. The quantitative estimate of drug-likeness (QED) is 0.779. The Morgan fingerprint density at radius 2 is 2.13 bits per heavy atom. The molecule has 0 spiro atoms. The van der Waals surface area contributed by atoms with Gasteiger partial charge in [-0.3, -0.25) is 4.79 Å². The van der Waals surface area contributed by atoms with Crippen molar-refractivity contribution >= 4 is 33.3 Å². The van der Waals surface area contributed by atoms with E-state index in [1.54, 1.807) is 6.07 Å². The summed E-state index contributed by atoms with van der Waals surface area (Å²) in [7, 11) is -1.69. The third-order valence-electron chi connectivity index (χ3n) is 3.31. The van der Waals surface area contributed by atoms with E-state index in [0.717, 1.165) is 0 Å². The van der Waals surface area contributed by atoms with Gasteiger partial charge in [0, 0.05) is 11.1 Å². The number of carbonyl (C=O) groups is 2. The molecule has 1 aliphatic heterocycles. The van der Waals surface area contributed by atoms with Crippen LogP contribution in [-0.4, -0.2) is 51.6 Å². The van der Waals surface area contributed by atoms with Gasteiger partial charge in [0.05, 0.1) is 18.6 Å². The fourth-order valence-electron chi connectivity index (χ4n) is 2.23. The van der Waals surface area contributed by atoms with Crippen LogP contribution in [0.4, 0.5) is 0 Å². The van der Waals surface area contributed by atoms with Gasteiger partial charge in [-0.1, -0.05) is 11.6 Å². The molecule has 1 saturated heterocycles. The van der Waals surface area contributed by atoms with Crippen LogP contribution in [0.3, 0.4) is 0 Å². The lowest BCUT2D eigenvalue weighted by Gasteiger charge is -2.12. The fourth-order valence-corrected chi connectivity index (χ4v) is 4.07. The van der Waals surface area contributed by atoms with Crippen LogP contribution in [0.15, 0.2) is 18.2 Å². The topological polar surface area (TPSA) is 98.8 Å². The molecule has 0 aliphatic carbocycles. The Morgan fingerprint density at radius 3 is 2.74 bits per heavy atom. The third kappa shape index (κ3) is 4.84. The molecule has 0 unspecified atom stereocenters. The minimum absolute atomic E-state index is 0.0530. The summed E-state index contributed by atoms with van der Waals surface area (Å²) in [5.74, 6) is -1.06. The van der Waals surface area contributed by atoms with Crippen LogP contribution in [0.2, 0.25) is 5.02 Å². The molecule has 1 heterocycles. The summed E-state index contributed by atoms with van der Waals surface area (Å²) in [6.45, 7) is -0.509. The molecule has 9 heteroatoms. The number of hydrogen-bond donors (Lipinski definition) is 1. The molecular formula is C14H16ClNO6S. The van der Waals surface area contributed by atoms with Crippen molar-refractivity contribution in [3.8, 4) is 5.75 Å². The first-order valence-corrected chi connectivity index (χ1v) is 9.01. The van der Waals surface area contributed by atoms with E-state index in [1.807, 2.05) is 0 Å². The second kappa shape index (κ2) is 7.18. The van der Waals surface area contributed by atoms with Crippen LogP contribution in [0.1, 0.15) is 16.8 Å². The summed E-state index contributed by atoms with van der Waals surface area (Å²) >= 11 is 5.82. The number of ether oxygens (including phenoxy) is 2. The molecule has 1 amide bonds. The van der Waals surface area contributed by atoms with Crippen molar-refractivity contribution in [2.75, 3.05) is 25.2 Å². The average molecular weight is 362 g/mol. The Kier molecular flexibility index (Phi) is 5.48. The summed E-state index contributed by atoms with van der Waals surface area (Å²) in [5, 5.41) is 2.86. The van der Waals surface area contributed by atoms with Crippen LogP contribution < -0.4 is 10.1 Å². The van der Waals surface area contributed by atoms with Crippen molar-refractivity contribution in [1.29, 1.82) is 0 Å². The number of carbonyl (C=O) groups excluding carboxylic acids is 2. The van der Waals surface area contributed by atoms with E-state index in [-0.39, 0.29) is 22.8 Å². The fraction of sp³-hybridized carbons (Fsp3) is 0.429. The molecule has 0 bridgehead atoms. The number of sulfone groups is 1. The molecule has 1 aromatic rings. The van der Waals surface area contributed by atoms with Crippen LogP contribution in [-0.2, 0) is 19.4 Å². The Hall–Kier alpha value is -1.80. The molecule has 0 radical (unpaired) electrons. The molecule has 1 atom stereocenters. The Morgan fingerprint density at radius 1 is 1.39 bits per heavy atom. The molecule has 2 rings (SSSR count). The molecule has 1 fully saturated rings. The minimum atomic E-state index is -3.08. The zero-order chi connectivity index (χ0) is 17.0. The van der Waals surface area contributed by atoms with E-state index in [2.05, 4.69) is 5.32 Å². The second-order valence-electron chi connectivity index (χ2n) is 5.09. The molecule has 23 heavy (non-hydrogen) atoms. The predicted octanol–water partition coefficient (Wildman–Crippen LogP) is 0.809. The standard InChI is InChI=1S/C14H16ClNO6S/c1-21-12-3-2-9(15)6-11(12)14(18)22-7-13(17)16-10-4-5-23(19,20)8-10/h2-3,6,10H,4-5,7-8H2,1H3,(H,16,17)/t10-/m0/s1. The van der Waals surface area contributed by atoms with Gasteiger partial charge in [0.2, 0.25) is 0 Å². The SMILES string of the molecule is COc1ccc(Cl)cc1C(=O)OCC(=O)N[C@H]1CCS(=O)(=O)C1. The van der Waals surface area contributed by atoms with Gasteiger partial charge in [0.25, 0.3) is 5.91 Å². The zero-order valence-corrected chi connectivity index (χ0v) is 13.9. The highest BCUT2D eigenvalue weighted by Gasteiger charge is 2.29. The van der Waals surface area contributed by atoms with E-state index < -0.39 is 34.4 Å². The van der Waals surface area contributed by atoms with Gasteiger partial charge in [-0.25, -0.2) is 13.2 Å². The highest BCUT2D eigenvalue weighted by Crippen LogP contribution is 2.23. The van der Waals surface area contributed by atoms with Crippen LogP contribution in [0, 0.1) is 0 Å². The monoisotopic (exact) mass is 361 g/mol. The highest BCUT2D eigenvalue weighted by molar-refractivity contribution is 7.91. The van der Waals surface area contributed by atoms with Gasteiger partial charge in [0.15, 0.2) is 16.4 Å². The van der Waals surface area contributed by atoms with Gasteiger partial charge < -0.3 is 14.8 Å².